The Morgan fingerprint density at radius 3 is 2.41 bits per heavy atom. The number of halogens is 2. The number of imide groups is 1. The Kier molecular flexibility index (Phi) is 6.74. The van der Waals surface area contributed by atoms with Crippen LogP contribution < -0.4 is 9.67 Å². The van der Waals surface area contributed by atoms with Gasteiger partial charge in [0.2, 0.25) is 0 Å². The third-order valence-corrected chi connectivity index (χ3v) is 6.19. The van der Waals surface area contributed by atoms with Crippen LogP contribution in [-0.4, -0.2) is 46.8 Å². The molecule has 2 amide bonds. The summed E-state index contributed by atoms with van der Waals surface area (Å²) in [7, 11) is 1.49. The SMILES string of the molecule is COCCN1C(=O)C(c2c(C(C)C)nn(-c3ccc(Cl)c(Cl)c3)c2[O-])=C([n+]2ccccc2)C1=O. The molecule has 8 nitrogen and oxygen atoms in total. The molecule has 0 spiro atoms. The van der Waals surface area contributed by atoms with Gasteiger partial charge in [0.15, 0.2) is 12.4 Å². The molecule has 2 aromatic heterocycles. The number of nitrogens with zero attached hydrogens (tertiary/aromatic N) is 4. The summed E-state index contributed by atoms with van der Waals surface area (Å²) in [6.45, 7) is 3.95. The van der Waals surface area contributed by atoms with Crippen LogP contribution in [-0.2, 0) is 14.3 Å². The van der Waals surface area contributed by atoms with Gasteiger partial charge in [0.05, 0.1) is 34.6 Å². The average molecular weight is 501 g/mol. The maximum absolute atomic E-state index is 13.7. The second-order valence-electron chi connectivity index (χ2n) is 7.99. The molecule has 4 rings (SSSR count). The minimum absolute atomic E-state index is 0.0114. The van der Waals surface area contributed by atoms with Crippen molar-refractivity contribution in [3.8, 4) is 11.6 Å². The monoisotopic (exact) mass is 500 g/mol. The van der Waals surface area contributed by atoms with E-state index in [1.165, 1.54) is 17.9 Å². The zero-order chi connectivity index (χ0) is 24.6. The summed E-state index contributed by atoms with van der Waals surface area (Å²) in [6, 6.07) is 9.98. The molecule has 1 aromatic carbocycles. The van der Waals surface area contributed by atoms with Crippen molar-refractivity contribution < 1.29 is 24.0 Å². The number of ether oxygens (including phenoxy) is 1. The van der Waals surface area contributed by atoms with Gasteiger partial charge in [-0.25, -0.2) is 4.68 Å². The lowest BCUT2D eigenvalue weighted by atomic mass is 9.98. The fourth-order valence-electron chi connectivity index (χ4n) is 3.81. The summed E-state index contributed by atoms with van der Waals surface area (Å²) in [5.74, 6) is -1.82. The highest BCUT2D eigenvalue weighted by molar-refractivity contribution is 6.45. The topological polar surface area (TPSA) is 91.4 Å². The van der Waals surface area contributed by atoms with Crippen molar-refractivity contribution >= 4 is 46.3 Å². The van der Waals surface area contributed by atoms with Crippen LogP contribution in [0.2, 0.25) is 10.0 Å². The number of methoxy groups -OCH3 is 1. The van der Waals surface area contributed by atoms with E-state index >= 15 is 0 Å². The second-order valence-corrected chi connectivity index (χ2v) is 8.81. The summed E-state index contributed by atoms with van der Waals surface area (Å²) >= 11 is 12.2. The van der Waals surface area contributed by atoms with Crippen molar-refractivity contribution in [3.63, 3.8) is 0 Å². The van der Waals surface area contributed by atoms with E-state index in [2.05, 4.69) is 5.10 Å². The Bertz CT molecular complexity index is 1300. The fraction of sp³-hybridized carbons (Fsp3) is 0.250. The Labute approximate surface area is 206 Å². The number of rotatable bonds is 7. The third kappa shape index (κ3) is 4.09. The molecule has 0 N–H and O–H groups in total. The average Bonchev–Trinajstić information content (AvgIpc) is 3.28. The minimum atomic E-state index is -0.568. The normalized spacial score (nSPS) is 14.1. The smallest absolute Gasteiger partial charge is 0.326 e. The Hall–Kier alpha value is -3.20. The Morgan fingerprint density at radius 2 is 1.79 bits per heavy atom. The predicted octanol–water partition coefficient (Wildman–Crippen LogP) is 3.05. The number of carbonyl (C=O) groups is 2. The van der Waals surface area contributed by atoms with Crippen molar-refractivity contribution in [2.45, 2.75) is 19.8 Å². The van der Waals surface area contributed by atoms with Crippen LogP contribution in [0.1, 0.15) is 31.0 Å². The number of amides is 2. The van der Waals surface area contributed by atoms with Gasteiger partial charge in [0.25, 0.3) is 11.6 Å². The molecule has 0 radical (unpaired) electrons. The van der Waals surface area contributed by atoms with Gasteiger partial charge in [-0.1, -0.05) is 43.1 Å². The van der Waals surface area contributed by atoms with Gasteiger partial charge in [-0.15, -0.1) is 0 Å². The molecule has 176 valence electrons. The van der Waals surface area contributed by atoms with Crippen LogP contribution in [0.4, 0.5) is 0 Å². The van der Waals surface area contributed by atoms with E-state index in [-0.39, 0.29) is 40.9 Å². The van der Waals surface area contributed by atoms with Gasteiger partial charge in [0.1, 0.15) is 5.57 Å². The number of pyridine rings is 1. The summed E-state index contributed by atoms with van der Waals surface area (Å²) in [4.78, 5) is 28.0. The lowest BCUT2D eigenvalue weighted by Crippen LogP contribution is -2.40. The van der Waals surface area contributed by atoms with Crippen molar-refractivity contribution in [1.82, 2.24) is 14.7 Å². The first-order valence-corrected chi connectivity index (χ1v) is 11.3. The summed E-state index contributed by atoms with van der Waals surface area (Å²) in [5, 5.41) is 18.8. The van der Waals surface area contributed by atoms with Gasteiger partial charge in [-0.3, -0.25) is 14.5 Å². The highest BCUT2D eigenvalue weighted by Gasteiger charge is 2.46. The molecular formula is C24H22Cl2N4O4. The first kappa shape index (κ1) is 23.9. The quantitative estimate of drug-likeness (QED) is 0.367. The largest absolute Gasteiger partial charge is 0.858 e. The number of benzene rings is 1. The molecule has 0 saturated carbocycles. The van der Waals surface area contributed by atoms with Crippen molar-refractivity contribution in [2.24, 2.45) is 0 Å². The summed E-state index contributed by atoms with van der Waals surface area (Å²) in [5.41, 5.74) is 0.988. The molecule has 1 aliphatic heterocycles. The molecular weight excluding hydrogens is 479 g/mol. The summed E-state index contributed by atoms with van der Waals surface area (Å²) in [6.07, 6.45) is 3.31. The Morgan fingerprint density at radius 1 is 1.09 bits per heavy atom. The van der Waals surface area contributed by atoms with Crippen molar-refractivity contribution in [3.05, 3.63) is 70.1 Å². The maximum atomic E-state index is 13.7. The summed E-state index contributed by atoms with van der Waals surface area (Å²) < 4.78 is 7.81. The van der Waals surface area contributed by atoms with Gasteiger partial charge in [-0.2, -0.15) is 9.67 Å². The molecule has 0 saturated heterocycles. The molecule has 1 aliphatic rings. The van der Waals surface area contributed by atoms with E-state index in [1.807, 2.05) is 13.8 Å². The van der Waals surface area contributed by atoms with E-state index in [0.29, 0.717) is 16.4 Å². The molecule has 0 fully saturated rings. The molecule has 0 aliphatic carbocycles. The highest BCUT2D eigenvalue weighted by Crippen LogP contribution is 2.39. The zero-order valence-electron chi connectivity index (χ0n) is 18.8. The van der Waals surface area contributed by atoms with Crippen LogP contribution in [0, 0.1) is 0 Å². The third-order valence-electron chi connectivity index (χ3n) is 5.45. The lowest BCUT2D eigenvalue weighted by Gasteiger charge is -2.15. The van der Waals surface area contributed by atoms with Crippen LogP contribution >= 0.6 is 23.2 Å². The number of carbonyl (C=O) groups excluding carboxylic acids is 2. The maximum Gasteiger partial charge on any atom is 0.326 e. The molecule has 10 heteroatoms. The van der Waals surface area contributed by atoms with Crippen molar-refractivity contribution in [2.75, 3.05) is 20.3 Å². The van der Waals surface area contributed by atoms with Gasteiger partial charge in [0, 0.05) is 24.8 Å². The van der Waals surface area contributed by atoms with Crippen LogP contribution in [0.15, 0.2) is 48.8 Å². The van der Waals surface area contributed by atoms with E-state index in [4.69, 9.17) is 27.9 Å². The molecule has 34 heavy (non-hydrogen) atoms. The predicted molar refractivity (Wildman–Crippen MR) is 125 cm³/mol. The fourth-order valence-corrected chi connectivity index (χ4v) is 4.10. The molecule has 0 atom stereocenters. The Balaban J connectivity index is 1.98. The molecule has 3 heterocycles. The first-order chi connectivity index (χ1) is 16.3. The van der Waals surface area contributed by atoms with Crippen LogP contribution in [0.3, 0.4) is 0 Å². The zero-order valence-corrected chi connectivity index (χ0v) is 20.3. The van der Waals surface area contributed by atoms with Gasteiger partial charge >= 0.3 is 5.91 Å². The number of aromatic nitrogens is 3. The second kappa shape index (κ2) is 9.58. The van der Waals surface area contributed by atoms with Crippen LogP contribution in [0.25, 0.3) is 17.0 Å². The first-order valence-electron chi connectivity index (χ1n) is 10.6. The molecule has 0 bridgehead atoms. The highest BCUT2D eigenvalue weighted by atomic mass is 35.5. The van der Waals surface area contributed by atoms with Crippen molar-refractivity contribution in [1.29, 1.82) is 0 Å². The minimum Gasteiger partial charge on any atom is -0.858 e. The van der Waals surface area contributed by atoms with E-state index in [0.717, 1.165) is 4.90 Å². The van der Waals surface area contributed by atoms with E-state index < -0.39 is 17.7 Å². The van der Waals surface area contributed by atoms with Crippen LogP contribution in [0.5, 0.6) is 5.88 Å². The van der Waals surface area contributed by atoms with Gasteiger partial charge in [-0.05, 0) is 30.0 Å². The lowest BCUT2D eigenvalue weighted by molar-refractivity contribution is -0.576. The van der Waals surface area contributed by atoms with E-state index in [9.17, 15) is 14.7 Å². The molecule has 0 unspecified atom stereocenters. The van der Waals surface area contributed by atoms with E-state index in [1.54, 1.807) is 47.3 Å². The standard InChI is InChI=1S/C24H22Cl2N4O4/c1-14(2)20-18(23(32)30(27-20)15-7-8-16(25)17(26)13-15)19-21(28-9-5-4-6-10-28)24(33)29(22(19)31)11-12-34-3/h4-10,13-14H,11-12H2,1-3H3. The van der Waals surface area contributed by atoms with Gasteiger partial charge < -0.3 is 9.84 Å². The molecule has 3 aromatic rings. The number of hydrogen-bond donors (Lipinski definition) is 0. The number of hydrogen-bond acceptors (Lipinski definition) is 5.